The summed E-state index contributed by atoms with van der Waals surface area (Å²) in [6.07, 6.45) is -4.51. The average Bonchev–Trinajstić information content (AvgIpc) is 2.19. The number of benzene rings is 1. The van der Waals surface area contributed by atoms with Gasteiger partial charge in [-0.15, -0.1) is 0 Å². The van der Waals surface area contributed by atoms with Crippen molar-refractivity contribution >= 4 is 37.5 Å². The third-order valence-corrected chi connectivity index (χ3v) is 3.13. The molecule has 0 amide bonds. The summed E-state index contributed by atoms with van der Waals surface area (Å²) in [6, 6.07) is 6.26. The Morgan fingerprint density at radius 3 is 2.47 bits per heavy atom. The maximum absolute atomic E-state index is 12.3. The van der Waals surface area contributed by atoms with Crippen molar-refractivity contribution in [2.24, 2.45) is 5.92 Å². The standard InChI is InChI=1S/C10H7Br2F3N2/c11-7-1-2-9(8(12)3-7)17-5-6(4-16)10(13,14)15/h1-3,6,17H,5H2. The van der Waals surface area contributed by atoms with Crippen molar-refractivity contribution in [3.05, 3.63) is 27.1 Å². The van der Waals surface area contributed by atoms with Gasteiger partial charge in [0, 0.05) is 21.2 Å². The normalized spacial score (nSPS) is 12.9. The third kappa shape index (κ3) is 4.21. The number of anilines is 1. The summed E-state index contributed by atoms with van der Waals surface area (Å²) >= 11 is 6.44. The van der Waals surface area contributed by atoms with Crippen molar-refractivity contribution in [2.45, 2.75) is 6.18 Å². The molecular formula is C10H7Br2F3N2. The number of hydrogen-bond acceptors (Lipinski definition) is 2. The number of hydrogen-bond donors (Lipinski definition) is 1. The van der Waals surface area contributed by atoms with Crippen molar-refractivity contribution in [3.63, 3.8) is 0 Å². The summed E-state index contributed by atoms with van der Waals surface area (Å²) in [5.41, 5.74) is 0.512. The Balaban J connectivity index is 2.71. The molecule has 2 nitrogen and oxygen atoms in total. The van der Waals surface area contributed by atoms with E-state index < -0.39 is 18.6 Å². The maximum atomic E-state index is 12.3. The molecule has 0 aliphatic rings. The van der Waals surface area contributed by atoms with Crippen LogP contribution in [0.3, 0.4) is 0 Å². The van der Waals surface area contributed by atoms with Crippen LogP contribution < -0.4 is 5.32 Å². The molecule has 0 saturated carbocycles. The Kier molecular flexibility index (Phi) is 4.83. The first-order valence-electron chi connectivity index (χ1n) is 4.50. The van der Waals surface area contributed by atoms with Crippen molar-refractivity contribution in [3.8, 4) is 6.07 Å². The highest BCUT2D eigenvalue weighted by atomic mass is 79.9. The van der Waals surface area contributed by atoms with Gasteiger partial charge in [-0.2, -0.15) is 18.4 Å². The van der Waals surface area contributed by atoms with Gasteiger partial charge >= 0.3 is 6.18 Å². The molecule has 1 aromatic carbocycles. The summed E-state index contributed by atoms with van der Waals surface area (Å²) in [6.45, 7) is -0.472. The van der Waals surface area contributed by atoms with E-state index >= 15 is 0 Å². The first-order chi connectivity index (χ1) is 7.84. The molecule has 7 heteroatoms. The van der Waals surface area contributed by atoms with E-state index in [1.54, 1.807) is 18.2 Å². The molecule has 92 valence electrons. The van der Waals surface area contributed by atoms with Crippen molar-refractivity contribution < 1.29 is 13.2 Å². The lowest BCUT2D eigenvalue weighted by atomic mass is 10.1. The minimum atomic E-state index is -4.51. The number of halogens is 5. The van der Waals surface area contributed by atoms with Gasteiger partial charge in [-0.05, 0) is 34.1 Å². The quantitative estimate of drug-likeness (QED) is 0.858. The van der Waals surface area contributed by atoms with E-state index in [4.69, 9.17) is 5.26 Å². The predicted octanol–water partition coefficient (Wildman–Crippen LogP) is 4.33. The van der Waals surface area contributed by atoms with Gasteiger partial charge in [0.05, 0.1) is 6.07 Å². The van der Waals surface area contributed by atoms with Crippen LogP contribution in [0.4, 0.5) is 18.9 Å². The van der Waals surface area contributed by atoms with E-state index in [0.717, 1.165) is 4.47 Å². The molecule has 1 aromatic rings. The lowest BCUT2D eigenvalue weighted by Crippen LogP contribution is -2.28. The van der Waals surface area contributed by atoms with Gasteiger partial charge < -0.3 is 5.32 Å². The molecule has 17 heavy (non-hydrogen) atoms. The number of rotatable bonds is 3. The van der Waals surface area contributed by atoms with Crippen LogP contribution in [-0.2, 0) is 0 Å². The Bertz CT molecular complexity index is 440. The van der Waals surface area contributed by atoms with Crippen LogP contribution in [0.5, 0.6) is 0 Å². The van der Waals surface area contributed by atoms with Crippen molar-refractivity contribution in [1.29, 1.82) is 5.26 Å². The Morgan fingerprint density at radius 2 is 2.00 bits per heavy atom. The number of alkyl halides is 3. The van der Waals surface area contributed by atoms with Gasteiger partial charge in [0.2, 0.25) is 0 Å². The molecule has 0 bridgehead atoms. The summed E-state index contributed by atoms with van der Waals surface area (Å²) in [5, 5.41) is 11.0. The summed E-state index contributed by atoms with van der Waals surface area (Å²) in [4.78, 5) is 0. The van der Waals surface area contributed by atoms with E-state index in [9.17, 15) is 13.2 Å². The highest BCUT2D eigenvalue weighted by molar-refractivity contribution is 9.11. The van der Waals surface area contributed by atoms with Gasteiger partial charge in [-0.3, -0.25) is 0 Å². The number of nitrogens with zero attached hydrogens (tertiary/aromatic N) is 1. The molecule has 0 aliphatic heterocycles. The second-order valence-electron chi connectivity index (χ2n) is 3.23. The molecule has 0 aliphatic carbocycles. The molecule has 1 N–H and O–H groups in total. The van der Waals surface area contributed by atoms with Crippen LogP contribution >= 0.6 is 31.9 Å². The highest BCUT2D eigenvalue weighted by Gasteiger charge is 2.39. The summed E-state index contributed by atoms with van der Waals surface area (Å²) in [5.74, 6) is -2.02. The third-order valence-electron chi connectivity index (χ3n) is 1.98. The molecule has 0 saturated heterocycles. The van der Waals surface area contributed by atoms with Gasteiger partial charge in [0.1, 0.15) is 0 Å². The fourth-order valence-corrected chi connectivity index (χ4v) is 2.27. The average molecular weight is 372 g/mol. The molecular weight excluding hydrogens is 365 g/mol. The van der Waals surface area contributed by atoms with Crippen molar-refractivity contribution in [1.82, 2.24) is 0 Å². The Hall–Kier alpha value is -0.740. The molecule has 0 aromatic heterocycles. The molecule has 1 rings (SSSR count). The number of nitriles is 1. The molecule has 0 heterocycles. The first kappa shape index (κ1) is 14.3. The molecule has 1 unspecified atom stereocenters. The minimum absolute atomic E-state index is 0.472. The zero-order valence-electron chi connectivity index (χ0n) is 8.35. The monoisotopic (exact) mass is 370 g/mol. The Morgan fingerprint density at radius 1 is 1.35 bits per heavy atom. The second kappa shape index (κ2) is 5.74. The second-order valence-corrected chi connectivity index (χ2v) is 5.00. The lowest BCUT2D eigenvalue weighted by molar-refractivity contribution is -0.155. The summed E-state index contributed by atoms with van der Waals surface area (Å²) in [7, 11) is 0. The van der Waals surface area contributed by atoms with Crippen molar-refractivity contribution in [2.75, 3.05) is 11.9 Å². The van der Waals surface area contributed by atoms with E-state index in [-0.39, 0.29) is 0 Å². The summed E-state index contributed by atoms with van der Waals surface area (Å²) < 4.78 is 38.4. The largest absolute Gasteiger partial charge is 0.406 e. The van der Waals surface area contributed by atoms with Crippen LogP contribution in [0, 0.1) is 17.2 Å². The van der Waals surface area contributed by atoms with Gasteiger partial charge in [0.25, 0.3) is 0 Å². The molecule has 0 spiro atoms. The fraction of sp³-hybridized carbons (Fsp3) is 0.300. The lowest BCUT2D eigenvalue weighted by Gasteiger charge is -2.15. The van der Waals surface area contributed by atoms with E-state index in [0.29, 0.717) is 10.2 Å². The minimum Gasteiger partial charge on any atom is -0.382 e. The topological polar surface area (TPSA) is 35.8 Å². The first-order valence-corrected chi connectivity index (χ1v) is 6.08. The van der Waals surface area contributed by atoms with Crippen LogP contribution in [0.2, 0.25) is 0 Å². The number of nitrogens with one attached hydrogen (secondary N) is 1. The SMILES string of the molecule is N#CC(CNc1ccc(Br)cc1Br)C(F)(F)F. The van der Waals surface area contributed by atoms with Crippen LogP contribution in [0.15, 0.2) is 27.1 Å². The smallest absolute Gasteiger partial charge is 0.382 e. The zero-order chi connectivity index (χ0) is 13.1. The molecule has 0 fully saturated rings. The maximum Gasteiger partial charge on any atom is 0.406 e. The van der Waals surface area contributed by atoms with Crippen LogP contribution in [0.25, 0.3) is 0 Å². The zero-order valence-corrected chi connectivity index (χ0v) is 11.5. The van der Waals surface area contributed by atoms with E-state index in [2.05, 4.69) is 37.2 Å². The van der Waals surface area contributed by atoms with E-state index in [1.807, 2.05) is 0 Å². The predicted molar refractivity (Wildman–Crippen MR) is 65.5 cm³/mol. The highest BCUT2D eigenvalue weighted by Crippen LogP contribution is 2.29. The Labute approximate surface area is 113 Å². The van der Waals surface area contributed by atoms with Crippen LogP contribution in [-0.4, -0.2) is 12.7 Å². The van der Waals surface area contributed by atoms with Gasteiger partial charge in [-0.25, -0.2) is 0 Å². The van der Waals surface area contributed by atoms with Gasteiger partial charge in [0.15, 0.2) is 5.92 Å². The van der Waals surface area contributed by atoms with Gasteiger partial charge in [-0.1, -0.05) is 15.9 Å². The molecule has 0 radical (unpaired) electrons. The molecule has 1 atom stereocenters. The van der Waals surface area contributed by atoms with E-state index in [1.165, 1.54) is 6.07 Å². The fourth-order valence-electron chi connectivity index (χ4n) is 1.08. The van der Waals surface area contributed by atoms with Crippen LogP contribution in [0.1, 0.15) is 0 Å².